The average molecular weight is 331 g/mol. The molecule has 128 valence electrons. The Hall–Kier alpha value is -2.83. The van der Waals surface area contributed by atoms with E-state index in [2.05, 4.69) is 10.3 Å². The van der Waals surface area contributed by atoms with Gasteiger partial charge in [-0.1, -0.05) is 13.0 Å². The summed E-state index contributed by atoms with van der Waals surface area (Å²) in [5, 5.41) is 2.77. The Morgan fingerprint density at radius 1 is 1.29 bits per heavy atom. The van der Waals surface area contributed by atoms with E-state index < -0.39 is 0 Å². The van der Waals surface area contributed by atoms with Crippen molar-refractivity contribution in [3.05, 3.63) is 52.2 Å². The maximum Gasteiger partial charge on any atom is 0.255 e. The lowest BCUT2D eigenvalue weighted by atomic mass is 10.1. The van der Waals surface area contributed by atoms with Crippen molar-refractivity contribution in [3.8, 4) is 11.5 Å². The van der Waals surface area contributed by atoms with Crippen LogP contribution in [0.1, 0.15) is 23.0 Å². The first-order valence-corrected chi connectivity index (χ1v) is 7.65. The number of nitrogens with one attached hydrogen (secondary N) is 1. The zero-order chi connectivity index (χ0) is 17.5. The molecule has 1 heterocycles. The molecule has 24 heavy (non-hydrogen) atoms. The summed E-state index contributed by atoms with van der Waals surface area (Å²) >= 11 is 0. The van der Waals surface area contributed by atoms with Gasteiger partial charge >= 0.3 is 0 Å². The van der Waals surface area contributed by atoms with Crippen molar-refractivity contribution in [2.75, 3.05) is 20.8 Å². The largest absolute Gasteiger partial charge is 0.493 e. The van der Waals surface area contributed by atoms with E-state index in [1.165, 1.54) is 31.2 Å². The number of carbonyl (C=O) groups is 1. The van der Waals surface area contributed by atoms with Gasteiger partial charge in [0.25, 0.3) is 11.5 Å². The summed E-state index contributed by atoms with van der Waals surface area (Å²) in [5.41, 5.74) is 1.00. The van der Waals surface area contributed by atoms with E-state index in [0.29, 0.717) is 36.6 Å². The van der Waals surface area contributed by atoms with E-state index in [-0.39, 0.29) is 11.5 Å². The normalized spacial score (nSPS) is 10.3. The first-order valence-electron chi connectivity index (χ1n) is 7.65. The van der Waals surface area contributed by atoms with Gasteiger partial charge in [0.1, 0.15) is 0 Å². The number of hydrogen-bond acceptors (Lipinski definition) is 5. The predicted molar refractivity (Wildman–Crippen MR) is 89.8 cm³/mol. The van der Waals surface area contributed by atoms with Crippen molar-refractivity contribution in [3.63, 3.8) is 0 Å². The standard InChI is InChI=1S/C17H21N3O4/c1-4-12-10-15(21)20(11-19-12)9-8-18-17(22)13-6-5-7-14(23-2)16(13)24-3/h5-7,10-11H,4,8-9H2,1-3H3,(H,18,22). The minimum Gasteiger partial charge on any atom is -0.493 e. The number of nitrogens with zero attached hydrogens (tertiary/aromatic N) is 2. The molecule has 2 aromatic rings. The Morgan fingerprint density at radius 3 is 2.71 bits per heavy atom. The monoisotopic (exact) mass is 331 g/mol. The molecule has 0 fully saturated rings. The summed E-state index contributed by atoms with van der Waals surface area (Å²) in [4.78, 5) is 28.4. The Bertz CT molecular complexity index is 771. The number of methoxy groups -OCH3 is 2. The maximum absolute atomic E-state index is 12.3. The molecule has 0 saturated carbocycles. The van der Waals surface area contributed by atoms with E-state index in [4.69, 9.17) is 9.47 Å². The molecular formula is C17H21N3O4. The third-order valence-electron chi connectivity index (χ3n) is 3.58. The van der Waals surface area contributed by atoms with Crippen molar-refractivity contribution in [2.45, 2.75) is 19.9 Å². The molecule has 1 aromatic heterocycles. The molecule has 0 aliphatic rings. The van der Waals surface area contributed by atoms with Gasteiger partial charge < -0.3 is 14.8 Å². The highest BCUT2D eigenvalue weighted by Gasteiger charge is 2.15. The molecule has 1 aromatic carbocycles. The molecule has 7 heteroatoms. The number of aromatic nitrogens is 2. The van der Waals surface area contributed by atoms with Crippen LogP contribution in [-0.2, 0) is 13.0 Å². The van der Waals surface area contributed by atoms with Crippen LogP contribution in [0, 0.1) is 0 Å². The SMILES string of the molecule is CCc1cc(=O)n(CCNC(=O)c2cccc(OC)c2OC)cn1. The first-order chi connectivity index (χ1) is 11.6. The molecule has 0 unspecified atom stereocenters. The van der Waals surface area contributed by atoms with E-state index in [0.717, 1.165) is 5.69 Å². The molecule has 7 nitrogen and oxygen atoms in total. The summed E-state index contributed by atoms with van der Waals surface area (Å²) < 4.78 is 11.9. The minimum absolute atomic E-state index is 0.130. The van der Waals surface area contributed by atoms with Crippen molar-refractivity contribution in [1.29, 1.82) is 0 Å². The average Bonchev–Trinajstić information content (AvgIpc) is 2.61. The fourth-order valence-electron chi connectivity index (χ4n) is 2.28. The zero-order valence-corrected chi connectivity index (χ0v) is 14.0. The molecule has 0 radical (unpaired) electrons. The fraction of sp³-hybridized carbons (Fsp3) is 0.353. The molecule has 1 N–H and O–H groups in total. The second kappa shape index (κ2) is 8.14. The number of ether oxygens (including phenoxy) is 2. The van der Waals surface area contributed by atoms with Gasteiger partial charge in [-0.15, -0.1) is 0 Å². The van der Waals surface area contributed by atoms with Crippen LogP contribution < -0.4 is 20.3 Å². The van der Waals surface area contributed by atoms with Crippen LogP contribution in [0.25, 0.3) is 0 Å². The maximum atomic E-state index is 12.3. The molecule has 0 spiro atoms. The molecule has 2 rings (SSSR count). The Labute approximate surface area is 140 Å². The Balaban J connectivity index is 2.03. The van der Waals surface area contributed by atoms with Gasteiger partial charge in [0.15, 0.2) is 11.5 Å². The molecule has 0 bridgehead atoms. The molecule has 0 saturated heterocycles. The third-order valence-corrected chi connectivity index (χ3v) is 3.58. The summed E-state index contributed by atoms with van der Waals surface area (Å²) in [6, 6.07) is 6.59. The third kappa shape index (κ3) is 3.92. The summed E-state index contributed by atoms with van der Waals surface area (Å²) in [7, 11) is 2.99. The lowest BCUT2D eigenvalue weighted by Crippen LogP contribution is -2.31. The number of rotatable bonds is 7. The van der Waals surface area contributed by atoms with Crippen LogP contribution in [0.3, 0.4) is 0 Å². The number of benzene rings is 1. The van der Waals surface area contributed by atoms with E-state index >= 15 is 0 Å². The highest BCUT2D eigenvalue weighted by molar-refractivity contribution is 5.97. The minimum atomic E-state index is -0.295. The molecule has 1 amide bonds. The van der Waals surface area contributed by atoms with Crippen LogP contribution >= 0.6 is 0 Å². The first kappa shape index (κ1) is 17.5. The van der Waals surface area contributed by atoms with Gasteiger partial charge in [0.2, 0.25) is 0 Å². The van der Waals surface area contributed by atoms with Gasteiger partial charge in [-0.25, -0.2) is 4.98 Å². The summed E-state index contributed by atoms with van der Waals surface area (Å²) in [5.74, 6) is 0.571. The lowest BCUT2D eigenvalue weighted by molar-refractivity contribution is 0.0948. The van der Waals surface area contributed by atoms with Crippen LogP contribution in [0.15, 0.2) is 35.4 Å². The number of amides is 1. The summed E-state index contributed by atoms with van der Waals surface area (Å²) in [6.07, 6.45) is 2.21. The molecule has 0 atom stereocenters. The molecule has 0 aliphatic carbocycles. The highest BCUT2D eigenvalue weighted by Crippen LogP contribution is 2.30. The van der Waals surface area contributed by atoms with Crippen molar-refractivity contribution >= 4 is 5.91 Å². The van der Waals surface area contributed by atoms with Gasteiger partial charge in [-0.05, 0) is 18.6 Å². The number of carbonyl (C=O) groups excluding carboxylic acids is 1. The van der Waals surface area contributed by atoms with E-state index in [9.17, 15) is 9.59 Å². The van der Waals surface area contributed by atoms with Crippen molar-refractivity contribution in [2.24, 2.45) is 0 Å². The van der Waals surface area contributed by atoms with Gasteiger partial charge in [0, 0.05) is 24.8 Å². The zero-order valence-electron chi connectivity index (χ0n) is 14.0. The van der Waals surface area contributed by atoms with Crippen molar-refractivity contribution in [1.82, 2.24) is 14.9 Å². The van der Waals surface area contributed by atoms with Gasteiger partial charge in [-0.3, -0.25) is 14.2 Å². The topological polar surface area (TPSA) is 82.5 Å². The van der Waals surface area contributed by atoms with Gasteiger partial charge in [-0.2, -0.15) is 0 Å². The number of para-hydroxylation sites is 1. The highest BCUT2D eigenvalue weighted by atomic mass is 16.5. The van der Waals surface area contributed by atoms with Crippen LogP contribution in [0.2, 0.25) is 0 Å². The second-order valence-corrected chi connectivity index (χ2v) is 5.06. The summed E-state index contributed by atoms with van der Waals surface area (Å²) in [6.45, 7) is 2.58. The molecule has 0 aliphatic heterocycles. The Kier molecular flexibility index (Phi) is 5.95. The van der Waals surface area contributed by atoms with Gasteiger partial charge in [0.05, 0.1) is 26.1 Å². The quantitative estimate of drug-likeness (QED) is 0.826. The number of aryl methyl sites for hydroxylation is 1. The number of hydrogen-bond donors (Lipinski definition) is 1. The van der Waals surface area contributed by atoms with E-state index in [1.807, 2.05) is 6.92 Å². The van der Waals surface area contributed by atoms with Crippen LogP contribution in [0.4, 0.5) is 0 Å². The second-order valence-electron chi connectivity index (χ2n) is 5.06. The fourth-order valence-corrected chi connectivity index (χ4v) is 2.28. The van der Waals surface area contributed by atoms with E-state index in [1.54, 1.807) is 18.2 Å². The predicted octanol–water partition coefficient (Wildman–Crippen LogP) is 1.25. The van der Waals surface area contributed by atoms with Crippen molar-refractivity contribution < 1.29 is 14.3 Å². The Morgan fingerprint density at radius 2 is 2.08 bits per heavy atom. The smallest absolute Gasteiger partial charge is 0.255 e. The molecular weight excluding hydrogens is 310 g/mol. The lowest BCUT2D eigenvalue weighted by Gasteiger charge is -2.13. The van der Waals surface area contributed by atoms with Crippen LogP contribution in [0.5, 0.6) is 11.5 Å². The van der Waals surface area contributed by atoms with Crippen LogP contribution in [-0.4, -0.2) is 36.2 Å².